The average molecular weight is 544 g/mol. The van der Waals surface area contributed by atoms with Gasteiger partial charge in [-0.05, 0) is 30.7 Å². The van der Waals surface area contributed by atoms with Gasteiger partial charge in [0.25, 0.3) is 0 Å². The number of carbonyl (C=O) groups is 5. The van der Waals surface area contributed by atoms with Crippen LogP contribution in [0.15, 0.2) is 42.9 Å². The summed E-state index contributed by atoms with van der Waals surface area (Å²) in [6.07, 6.45) is 2.91. The van der Waals surface area contributed by atoms with E-state index in [9.17, 15) is 29.1 Å². The summed E-state index contributed by atoms with van der Waals surface area (Å²) in [6.45, 7) is 3.67. The first-order chi connectivity index (χ1) is 18.5. The molecule has 1 aromatic heterocycles. The summed E-state index contributed by atoms with van der Waals surface area (Å²) in [4.78, 5) is 68.9. The molecule has 2 rings (SSSR count). The third-order valence-corrected chi connectivity index (χ3v) is 5.88. The van der Waals surface area contributed by atoms with Crippen LogP contribution in [0.3, 0.4) is 0 Å². The predicted molar refractivity (Wildman–Crippen MR) is 142 cm³/mol. The topological polar surface area (TPSA) is 222 Å². The monoisotopic (exact) mass is 543 g/mol. The Kier molecular flexibility index (Phi) is 12.1. The fourth-order valence-electron chi connectivity index (χ4n) is 3.86. The molecule has 13 nitrogen and oxygen atoms in total. The summed E-state index contributed by atoms with van der Waals surface area (Å²) >= 11 is 0. The minimum Gasteiger partial charge on any atom is -0.480 e. The minimum absolute atomic E-state index is 0.0417. The molecule has 1 aromatic carbocycles. The number of hydrogen-bond acceptors (Lipinski definition) is 7. The number of imidazole rings is 1. The number of aromatic nitrogens is 2. The highest BCUT2D eigenvalue weighted by molar-refractivity contribution is 5.94. The number of benzene rings is 1. The summed E-state index contributed by atoms with van der Waals surface area (Å²) < 4.78 is 0. The Morgan fingerprint density at radius 3 is 2.10 bits per heavy atom. The van der Waals surface area contributed by atoms with Gasteiger partial charge in [0, 0.05) is 24.7 Å². The summed E-state index contributed by atoms with van der Waals surface area (Å²) in [5, 5.41) is 17.2. The third kappa shape index (κ3) is 10.9. The SMILES string of the molecule is CC(C)CC(NC(=O)C(CCC(N)=O)NC(=O)C(N)Cc1ccccc1)C(=O)NC(Cc1cnc[nH]1)C(=O)O. The third-order valence-electron chi connectivity index (χ3n) is 5.88. The van der Waals surface area contributed by atoms with E-state index in [0.29, 0.717) is 5.69 Å². The Hall–Kier alpha value is -4.26. The quantitative estimate of drug-likeness (QED) is 0.144. The van der Waals surface area contributed by atoms with Crippen molar-refractivity contribution in [3.8, 4) is 0 Å². The molecule has 4 unspecified atom stereocenters. The number of nitrogens with one attached hydrogen (secondary N) is 4. The van der Waals surface area contributed by atoms with Gasteiger partial charge in [0.1, 0.15) is 18.1 Å². The molecule has 0 spiro atoms. The molecule has 0 aliphatic carbocycles. The first kappa shape index (κ1) is 31.0. The van der Waals surface area contributed by atoms with Crippen LogP contribution in [-0.4, -0.2) is 68.8 Å². The molecule has 9 N–H and O–H groups in total. The Bertz CT molecular complexity index is 1110. The van der Waals surface area contributed by atoms with Gasteiger partial charge < -0.3 is 37.5 Å². The number of aliphatic carboxylic acids is 1. The van der Waals surface area contributed by atoms with Crippen LogP contribution in [0.5, 0.6) is 0 Å². The highest BCUT2D eigenvalue weighted by Gasteiger charge is 2.31. The number of nitrogens with zero attached hydrogens (tertiary/aromatic N) is 1. The van der Waals surface area contributed by atoms with Crippen molar-refractivity contribution in [1.82, 2.24) is 25.9 Å². The number of primary amides is 1. The molecule has 13 heteroatoms. The van der Waals surface area contributed by atoms with Gasteiger partial charge in [-0.2, -0.15) is 0 Å². The molecule has 4 amide bonds. The van der Waals surface area contributed by atoms with E-state index in [0.717, 1.165) is 5.56 Å². The standard InChI is InChI=1S/C26H37N7O6/c1-15(2)10-20(25(37)33-21(26(38)39)12-17-13-29-14-30-17)32-24(36)19(8-9-22(28)34)31-23(35)18(27)11-16-6-4-3-5-7-16/h3-7,13-15,18-21H,8-12,27H2,1-2H3,(H2,28,34)(H,29,30)(H,31,35)(H,32,36)(H,33,37)(H,38,39). The maximum Gasteiger partial charge on any atom is 0.326 e. The molecule has 1 heterocycles. The molecular weight excluding hydrogens is 506 g/mol. The molecule has 0 aliphatic rings. The molecule has 0 saturated carbocycles. The van der Waals surface area contributed by atoms with Crippen molar-refractivity contribution in [2.45, 2.75) is 70.1 Å². The molecular formula is C26H37N7O6. The number of rotatable bonds is 16. The van der Waals surface area contributed by atoms with E-state index in [2.05, 4.69) is 25.9 Å². The van der Waals surface area contributed by atoms with Gasteiger partial charge in [-0.25, -0.2) is 9.78 Å². The summed E-state index contributed by atoms with van der Waals surface area (Å²) in [5.74, 6) is -4.02. The predicted octanol–water partition coefficient (Wildman–Crippen LogP) is -0.627. The molecule has 39 heavy (non-hydrogen) atoms. The maximum absolute atomic E-state index is 13.2. The minimum atomic E-state index is -1.27. The van der Waals surface area contributed by atoms with Crippen LogP contribution in [0.2, 0.25) is 0 Å². The highest BCUT2D eigenvalue weighted by Crippen LogP contribution is 2.09. The molecule has 0 bridgehead atoms. The Balaban J connectivity index is 2.13. The van der Waals surface area contributed by atoms with Gasteiger partial charge in [0.2, 0.25) is 23.6 Å². The van der Waals surface area contributed by atoms with E-state index in [1.54, 1.807) is 0 Å². The largest absolute Gasteiger partial charge is 0.480 e. The first-order valence-electron chi connectivity index (χ1n) is 12.6. The molecule has 212 valence electrons. The van der Waals surface area contributed by atoms with Crippen molar-refractivity contribution in [3.63, 3.8) is 0 Å². The lowest BCUT2D eigenvalue weighted by atomic mass is 10.0. The molecule has 2 aromatic rings. The fraction of sp³-hybridized carbons (Fsp3) is 0.462. The van der Waals surface area contributed by atoms with E-state index in [4.69, 9.17) is 11.5 Å². The second-order valence-corrected chi connectivity index (χ2v) is 9.73. The number of nitrogens with two attached hydrogens (primary N) is 2. The summed E-state index contributed by atoms with van der Waals surface area (Å²) in [6, 6.07) is 4.54. The van der Waals surface area contributed by atoms with Gasteiger partial charge in [-0.1, -0.05) is 44.2 Å². The van der Waals surface area contributed by atoms with Crippen LogP contribution in [-0.2, 0) is 36.8 Å². The highest BCUT2D eigenvalue weighted by atomic mass is 16.4. The fourth-order valence-corrected chi connectivity index (χ4v) is 3.86. The van der Waals surface area contributed by atoms with E-state index < -0.39 is 53.8 Å². The molecule has 4 atom stereocenters. The van der Waals surface area contributed by atoms with E-state index in [-0.39, 0.29) is 38.0 Å². The lowest BCUT2D eigenvalue weighted by Crippen LogP contribution is -2.57. The van der Waals surface area contributed by atoms with Crippen LogP contribution in [0, 0.1) is 5.92 Å². The van der Waals surface area contributed by atoms with Crippen molar-refractivity contribution in [3.05, 3.63) is 54.1 Å². The number of aromatic amines is 1. The van der Waals surface area contributed by atoms with Gasteiger partial charge in [0.05, 0.1) is 12.4 Å². The molecule has 0 radical (unpaired) electrons. The summed E-state index contributed by atoms with van der Waals surface area (Å²) in [7, 11) is 0. The zero-order valence-electron chi connectivity index (χ0n) is 22.1. The Labute approximate surface area is 226 Å². The van der Waals surface area contributed by atoms with Crippen molar-refractivity contribution in [1.29, 1.82) is 0 Å². The van der Waals surface area contributed by atoms with Crippen LogP contribution >= 0.6 is 0 Å². The Morgan fingerprint density at radius 2 is 1.54 bits per heavy atom. The van der Waals surface area contributed by atoms with Crippen molar-refractivity contribution in [2.75, 3.05) is 0 Å². The lowest BCUT2D eigenvalue weighted by molar-refractivity contribution is -0.142. The number of carboxylic acid groups (broad SMARTS) is 1. The second-order valence-electron chi connectivity index (χ2n) is 9.73. The molecule has 0 aliphatic heterocycles. The van der Waals surface area contributed by atoms with Gasteiger partial charge in [-0.3, -0.25) is 19.2 Å². The van der Waals surface area contributed by atoms with Gasteiger partial charge in [0.15, 0.2) is 0 Å². The second kappa shape index (κ2) is 15.2. The maximum atomic E-state index is 13.2. The number of hydrogen-bond donors (Lipinski definition) is 7. The van der Waals surface area contributed by atoms with Crippen molar-refractivity contribution >= 4 is 29.6 Å². The number of carboxylic acids is 1. The number of H-pyrrole nitrogens is 1. The van der Waals surface area contributed by atoms with E-state index >= 15 is 0 Å². The zero-order chi connectivity index (χ0) is 28.9. The smallest absolute Gasteiger partial charge is 0.326 e. The first-order valence-corrected chi connectivity index (χ1v) is 12.6. The lowest BCUT2D eigenvalue weighted by Gasteiger charge is -2.26. The van der Waals surface area contributed by atoms with Crippen LogP contribution in [0.1, 0.15) is 44.4 Å². The van der Waals surface area contributed by atoms with Crippen LogP contribution < -0.4 is 27.4 Å². The molecule has 0 saturated heterocycles. The number of carbonyl (C=O) groups excluding carboxylic acids is 4. The van der Waals surface area contributed by atoms with Crippen LogP contribution in [0.25, 0.3) is 0 Å². The van der Waals surface area contributed by atoms with E-state index in [1.807, 2.05) is 44.2 Å². The normalized spacial score (nSPS) is 14.1. The van der Waals surface area contributed by atoms with Gasteiger partial charge >= 0.3 is 5.97 Å². The van der Waals surface area contributed by atoms with E-state index in [1.165, 1.54) is 12.5 Å². The average Bonchev–Trinajstić information content (AvgIpc) is 3.38. The van der Waals surface area contributed by atoms with Crippen molar-refractivity contribution < 1.29 is 29.1 Å². The Morgan fingerprint density at radius 1 is 0.923 bits per heavy atom. The summed E-state index contributed by atoms with van der Waals surface area (Å²) in [5.41, 5.74) is 12.6. The number of amides is 4. The van der Waals surface area contributed by atoms with Gasteiger partial charge in [-0.15, -0.1) is 0 Å². The zero-order valence-corrected chi connectivity index (χ0v) is 22.1. The molecule has 0 fully saturated rings. The van der Waals surface area contributed by atoms with Crippen LogP contribution in [0.4, 0.5) is 0 Å². The van der Waals surface area contributed by atoms with Crippen molar-refractivity contribution in [2.24, 2.45) is 17.4 Å².